The first kappa shape index (κ1) is 22.1. The van der Waals surface area contributed by atoms with Crippen LogP contribution in [0.15, 0.2) is 48.7 Å². The third-order valence-electron chi connectivity index (χ3n) is 6.44. The summed E-state index contributed by atoms with van der Waals surface area (Å²) in [6, 6.07) is 9.19. The Morgan fingerprint density at radius 3 is 2.59 bits per heavy atom. The number of fused-ring (bicyclic) bond motifs is 2. The van der Waals surface area contributed by atoms with Crippen LogP contribution in [-0.4, -0.2) is 41.4 Å². The van der Waals surface area contributed by atoms with Crippen molar-refractivity contribution in [1.29, 1.82) is 0 Å². The van der Waals surface area contributed by atoms with Crippen LogP contribution in [0.4, 0.5) is 19.0 Å². The predicted molar refractivity (Wildman–Crippen MR) is 120 cm³/mol. The molecule has 1 spiro atoms. The Morgan fingerprint density at radius 1 is 1.09 bits per heavy atom. The predicted octanol–water partition coefficient (Wildman–Crippen LogP) is 3.71. The Bertz CT molecular complexity index is 1240. The third-order valence-corrected chi connectivity index (χ3v) is 6.44. The molecule has 0 bridgehead atoms. The van der Waals surface area contributed by atoms with Gasteiger partial charge in [-0.1, -0.05) is 0 Å². The molecule has 1 atom stereocenters. The Kier molecular flexibility index (Phi) is 5.40. The molecule has 1 unspecified atom stereocenters. The van der Waals surface area contributed by atoms with E-state index >= 15 is 0 Å². The van der Waals surface area contributed by atoms with Gasteiger partial charge in [-0.25, -0.2) is 4.98 Å². The van der Waals surface area contributed by atoms with Gasteiger partial charge in [0.1, 0.15) is 5.82 Å². The highest BCUT2D eigenvalue weighted by Gasteiger charge is 2.42. The van der Waals surface area contributed by atoms with E-state index in [2.05, 4.69) is 25.9 Å². The Labute approximate surface area is 193 Å². The number of carbonyl (C=O) groups excluding carboxylic acids is 2. The minimum atomic E-state index is -4.47. The molecule has 176 valence electrons. The summed E-state index contributed by atoms with van der Waals surface area (Å²) < 4.78 is 38.3. The second-order valence-corrected chi connectivity index (χ2v) is 8.67. The first-order valence-electron chi connectivity index (χ1n) is 10.9. The van der Waals surface area contributed by atoms with Crippen molar-refractivity contribution in [1.82, 2.24) is 20.6 Å². The molecule has 4 N–H and O–H groups in total. The van der Waals surface area contributed by atoms with Gasteiger partial charge in [0.05, 0.1) is 11.1 Å². The lowest BCUT2D eigenvalue weighted by Gasteiger charge is -2.40. The Balaban J connectivity index is 1.39. The standard InChI is InChI=1S/C24H22F3N5O2/c25-24(26,27)16-4-2-14(3-5-16)21(33)32-19-10-15(6-9-29-19)18-11-17-20(31-18)23(13-30-22(17)34)7-1-8-28-12-23/h2-6,9-11,28,31H,1,7-8,12-13H2,(H,30,34)(H,29,32,33). The number of H-pyrrole nitrogens is 1. The number of rotatable bonds is 3. The minimum absolute atomic E-state index is 0.0824. The van der Waals surface area contributed by atoms with Crippen LogP contribution in [0.3, 0.4) is 0 Å². The van der Waals surface area contributed by atoms with Crippen LogP contribution >= 0.6 is 0 Å². The number of halogens is 3. The van der Waals surface area contributed by atoms with Crippen molar-refractivity contribution in [3.8, 4) is 11.3 Å². The molecule has 7 nitrogen and oxygen atoms in total. The molecule has 10 heteroatoms. The van der Waals surface area contributed by atoms with Gasteiger partial charge >= 0.3 is 6.18 Å². The van der Waals surface area contributed by atoms with E-state index in [1.165, 1.54) is 6.20 Å². The van der Waals surface area contributed by atoms with Crippen LogP contribution < -0.4 is 16.0 Å². The summed E-state index contributed by atoms with van der Waals surface area (Å²) >= 11 is 0. The molecule has 0 aliphatic carbocycles. The summed E-state index contributed by atoms with van der Waals surface area (Å²) in [5.74, 6) is -0.456. The lowest BCUT2D eigenvalue weighted by molar-refractivity contribution is -0.137. The lowest BCUT2D eigenvalue weighted by atomic mass is 9.74. The molecule has 2 aliphatic heterocycles. The number of alkyl halides is 3. The lowest BCUT2D eigenvalue weighted by Crippen LogP contribution is -2.54. The van der Waals surface area contributed by atoms with Crippen LogP contribution in [0.25, 0.3) is 11.3 Å². The normalized spacial score (nSPS) is 20.0. The summed E-state index contributed by atoms with van der Waals surface area (Å²) in [6.07, 6.45) is -0.976. The maximum absolute atomic E-state index is 12.8. The van der Waals surface area contributed by atoms with Gasteiger partial charge in [-0.05, 0) is 61.9 Å². The van der Waals surface area contributed by atoms with Crippen LogP contribution in [-0.2, 0) is 11.6 Å². The van der Waals surface area contributed by atoms with Crippen molar-refractivity contribution in [2.75, 3.05) is 25.0 Å². The Hall–Kier alpha value is -3.66. The summed E-state index contributed by atoms with van der Waals surface area (Å²) in [4.78, 5) is 32.6. The fraction of sp³-hybridized carbons (Fsp3) is 0.292. The number of pyridine rings is 1. The van der Waals surface area contributed by atoms with Gasteiger partial charge in [0.15, 0.2) is 0 Å². The fourth-order valence-corrected chi connectivity index (χ4v) is 4.64. The van der Waals surface area contributed by atoms with E-state index in [1.807, 2.05) is 0 Å². The third kappa shape index (κ3) is 4.05. The summed E-state index contributed by atoms with van der Waals surface area (Å²) in [7, 11) is 0. The van der Waals surface area contributed by atoms with Crippen molar-refractivity contribution in [3.05, 3.63) is 71.0 Å². The zero-order chi connectivity index (χ0) is 23.9. The monoisotopic (exact) mass is 469 g/mol. The topological polar surface area (TPSA) is 98.9 Å². The number of anilines is 1. The van der Waals surface area contributed by atoms with Gasteiger partial charge in [-0.3, -0.25) is 9.59 Å². The number of piperidine rings is 1. The largest absolute Gasteiger partial charge is 0.416 e. The quantitative estimate of drug-likeness (QED) is 0.470. The van der Waals surface area contributed by atoms with Gasteiger partial charge in [0.25, 0.3) is 11.8 Å². The number of benzene rings is 1. The number of carbonyl (C=O) groups is 2. The highest BCUT2D eigenvalue weighted by atomic mass is 19.4. The molecule has 1 aromatic carbocycles. The summed E-state index contributed by atoms with van der Waals surface area (Å²) in [5.41, 5.74) is 2.03. The van der Waals surface area contributed by atoms with E-state index in [1.54, 1.807) is 18.2 Å². The number of hydrogen-bond acceptors (Lipinski definition) is 4. The molecule has 0 radical (unpaired) electrons. The molecular weight excluding hydrogens is 447 g/mol. The van der Waals surface area contributed by atoms with E-state index in [-0.39, 0.29) is 22.7 Å². The van der Waals surface area contributed by atoms with E-state index < -0.39 is 17.6 Å². The van der Waals surface area contributed by atoms with Gasteiger partial charge in [0, 0.05) is 47.2 Å². The van der Waals surface area contributed by atoms with Gasteiger partial charge < -0.3 is 20.9 Å². The second kappa shape index (κ2) is 8.28. The summed E-state index contributed by atoms with van der Waals surface area (Å²) in [6.45, 7) is 2.28. The maximum Gasteiger partial charge on any atom is 0.416 e. The molecular formula is C24H22F3N5O2. The minimum Gasteiger partial charge on any atom is -0.357 e. The average molecular weight is 469 g/mol. The molecule has 34 heavy (non-hydrogen) atoms. The molecule has 3 aromatic rings. The van der Waals surface area contributed by atoms with Crippen molar-refractivity contribution in [3.63, 3.8) is 0 Å². The number of aromatic amines is 1. The molecule has 1 saturated heterocycles. The zero-order valence-corrected chi connectivity index (χ0v) is 18.1. The molecule has 5 rings (SSSR count). The van der Waals surface area contributed by atoms with Crippen LogP contribution in [0.5, 0.6) is 0 Å². The molecule has 2 aliphatic rings. The zero-order valence-electron chi connectivity index (χ0n) is 18.1. The van der Waals surface area contributed by atoms with Crippen molar-refractivity contribution in [2.45, 2.75) is 24.4 Å². The van der Waals surface area contributed by atoms with E-state index in [0.717, 1.165) is 67.1 Å². The fourth-order valence-electron chi connectivity index (χ4n) is 4.64. The van der Waals surface area contributed by atoms with Gasteiger partial charge in [0.2, 0.25) is 0 Å². The highest BCUT2D eigenvalue weighted by molar-refractivity contribution is 6.04. The second-order valence-electron chi connectivity index (χ2n) is 8.67. The first-order valence-corrected chi connectivity index (χ1v) is 10.9. The first-order chi connectivity index (χ1) is 16.2. The molecule has 2 aromatic heterocycles. The van der Waals surface area contributed by atoms with Crippen LogP contribution in [0.2, 0.25) is 0 Å². The smallest absolute Gasteiger partial charge is 0.357 e. The maximum atomic E-state index is 12.8. The average Bonchev–Trinajstić information content (AvgIpc) is 3.30. The highest BCUT2D eigenvalue weighted by Crippen LogP contribution is 2.37. The number of nitrogens with zero attached hydrogens (tertiary/aromatic N) is 1. The van der Waals surface area contributed by atoms with Gasteiger partial charge in [-0.2, -0.15) is 13.2 Å². The number of amides is 2. The number of hydrogen-bond donors (Lipinski definition) is 4. The van der Waals surface area contributed by atoms with Gasteiger partial charge in [-0.15, -0.1) is 0 Å². The van der Waals surface area contributed by atoms with E-state index in [4.69, 9.17) is 0 Å². The number of nitrogens with one attached hydrogen (secondary N) is 4. The molecule has 2 amide bonds. The van der Waals surface area contributed by atoms with Crippen LogP contribution in [0.1, 0.15) is 44.8 Å². The molecule has 4 heterocycles. The molecule has 1 fully saturated rings. The summed E-state index contributed by atoms with van der Waals surface area (Å²) in [5, 5.41) is 9.03. The van der Waals surface area contributed by atoms with Crippen molar-refractivity contribution < 1.29 is 22.8 Å². The SMILES string of the molecule is O=C(Nc1cc(-c2cc3c([nH]2)C2(CCCNC2)CNC3=O)ccn1)c1ccc(C(F)(F)F)cc1. The van der Waals surface area contributed by atoms with E-state index in [9.17, 15) is 22.8 Å². The van der Waals surface area contributed by atoms with Crippen LogP contribution in [0, 0.1) is 0 Å². The van der Waals surface area contributed by atoms with Crippen molar-refractivity contribution in [2.24, 2.45) is 0 Å². The van der Waals surface area contributed by atoms with E-state index in [0.29, 0.717) is 12.1 Å². The van der Waals surface area contributed by atoms with Crippen molar-refractivity contribution >= 4 is 17.6 Å². The Morgan fingerprint density at radius 2 is 1.88 bits per heavy atom. The number of aromatic nitrogens is 2. The molecule has 0 saturated carbocycles.